The topological polar surface area (TPSA) is 47.6 Å². The van der Waals surface area contributed by atoms with E-state index in [0.717, 1.165) is 16.7 Å². The number of aryl methyl sites for hydroxylation is 2. The zero-order chi connectivity index (χ0) is 29.6. The Morgan fingerprint density at radius 3 is 1.48 bits per heavy atom. The molecule has 1 aliphatic rings. The van der Waals surface area contributed by atoms with Crippen molar-refractivity contribution in [3.8, 4) is 23.3 Å². The van der Waals surface area contributed by atoms with Crippen LogP contribution in [0, 0.1) is 22.7 Å². The molecule has 1 heterocycles. The molecule has 220 valence electrons. The van der Waals surface area contributed by atoms with Gasteiger partial charge in [0.05, 0.1) is 16.7 Å². The molecule has 1 aliphatic heterocycles. The second kappa shape index (κ2) is 17.5. The highest BCUT2D eigenvalue weighted by molar-refractivity contribution is 8.18. The molecule has 0 saturated carbocycles. The van der Waals surface area contributed by atoms with Crippen LogP contribution in [-0.4, -0.2) is 0 Å². The molecule has 3 aromatic rings. The first-order chi connectivity index (χ1) is 20.7. The van der Waals surface area contributed by atoms with Crippen molar-refractivity contribution in [3.05, 3.63) is 82.9 Å². The van der Waals surface area contributed by atoms with Crippen LogP contribution in [0.4, 0.5) is 0 Å². The van der Waals surface area contributed by atoms with Gasteiger partial charge in [-0.1, -0.05) is 127 Å². The number of hydrogen-bond donors (Lipinski definition) is 0. The number of hydrogen-bond acceptors (Lipinski definition) is 4. The van der Waals surface area contributed by atoms with Crippen molar-refractivity contribution in [3.63, 3.8) is 0 Å². The maximum Gasteiger partial charge on any atom is 0.158 e. The minimum absolute atomic E-state index is 0.384. The normalized spacial score (nSPS) is 12.8. The summed E-state index contributed by atoms with van der Waals surface area (Å²) in [5.41, 5.74) is 7.56. The van der Waals surface area contributed by atoms with Crippen molar-refractivity contribution in [2.24, 2.45) is 0 Å². The van der Waals surface area contributed by atoms with Gasteiger partial charge in [-0.05, 0) is 71.2 Å². The maximum absolute atomic E-state index is 9.17. The smallest absolute Gasteiger partial charge is 0.158 e. The summed E-state index contributed by atoms with van der Waals surface area (Å²) in [5, 5.41) is 18.3. The number of fused-ring (bicyclic) bond motifs is 1. The molecule has 0 saturated heterocycles. The molecule has 42 heavy (non-hydrogen) atoms. The van der Waals surface area contributed by atoms with Crippen LogP contribution in [0.5, 0.6) is 0 Å². The number of unbranched alkanes of at least 4 members (excludes halogenated alkanes) is 10. The lowest BCUT2D eigenvalue weighted by Crippen LogP contribution is -1.97. The van der Waals surface area contributed by atoms with E-state index in [1.165, 1.54) is 105 Å². The molecule has 0 amide bonds. The van der Waals surface area contributed by atoms with Crippen LogP contribution in [0.3, 0.4) is 0 Å². The average Bonchev–Trinajstić information content (AvgIpc) is 3.44. The Labute approximate surface area is 263 Å². The molecule has 0 spiro atoms. The molecule has 0 unspecified atom stereocenters. The molecule has 0 N–H and O–H groups in total. The van der Waals surface area contributed by atoms with Crippen LogP contribution < -0.4 is 0 Å². The maximum atomic E-state index is 9.17. The average molecular weight is 595 g/mol. The van der Waals surface area contributed by atoms with Gasteiger partial charge in [0.1, 0.15) is 0 Å². The quantitative estimate of drug-likeness (QED) is 0.146. The zero-order valence-electron chi connectivity index (χ0n) is 25.5. The Morgan fingerprint density at radius 2 is 1.02 bits per heavy atom. The fraction of sp³-hybridized carbons (Fsp3) is 0.474. The summed E-state index contributed by atoms with van der Waals surface area (Å²) >= 11 is 4.03. The van der Waals surface area contributed by atoms with E-state index in [0.29, 0.717) is 4.58 Å². The molecule has 0 atom stereocenters. The Kier molecular flexibility index (Phi) is 13.4. The lowest BCUT2D eigenvalue weighted by atomic mass is 9.96. The fourth-order valence-electron chi connectivity index (χ4n) is 5.75. The van der Waals surface area contributed by atoms with Gasteiger partial charge in [0.15, 0.2) is 5.92 Å². The highest BCUT2D eigenvalue weighted by atomic mass is 32.2. The third-order valence-corrected chi connectivity index (χ3v) is 11.2. The van der Waals surface area contributed by atoms with Crippen molar-refractivity contribution >= 4 is 23.5 Å². The number of rotatable bonds is 17. The molecule has 0 fully saturated rings. The minimum Gasteiger partial charge on any atom is -0.196 e. The standard InChI is InChI=1S/C38H46N2S2/c1-3-5-7-9-11-13-15-33-25-36-37(26-34(33)16-14-12-10-8-6-4-2)42-38(41-36)32-23-21-30(22-24-32)29-17-19-31(20-18-29)35(27-39)28-40/h17-26,35,38H,3-16H2,1-2H3. The van der Waals surface area contributed by atoms with Crippen LogP contribution >= 0.6 is 23.5 Å². The van der Waals surface area contributed by atoms with Crippen LogP contribution in [0.2, 0.25) is 0 Å². The Balaban J connectivity index is 1.41. The Morgan fingerprint density at radius 1 is 0.595 bits per heavy atom. The SMILES string of the molecule is CCCCCCCCc1cc2c(cc1CCCCCCCC)SC(c1ccc(-c3ccc(C(C#N)C#N)cc3)cc1)S2. The molecule has 2 nitrogen and oxygen atoms in total. The second-order valence-corrected chi connectivity index (χ2v) is 14.2. The number of thioether (sulfide) groups is 2. The van der Waals surface area contributed by atoms with E-state index in [4.69, 9.17) is 10.5 Å². The van der Waals surface area contributed by atoms with Crippen molar-refractivity contribution in [2.45, 2.75) is 124 Å². The highest BCUT2D eigenvalue weighted by Crippen LogP contribution is 2.57. The Bertz CT molecular complexity index is 1270. The van der Waals surface area contributed by atoms with Gasteiger partial charge in [0.25, 0.3) is 0 Å². The van der Waals surface area contributed by atoms with Gasteiger partial charge < -0.3 is 0 Å². The summed E-state index contributed by atoms with van der Waals surface area (Å²) in [7, 11) is 0. The van der Waals surface area contributed by atoms with Crippen LogP contribution in [0.25, 0.3) is 11.1 Å². The second-order valence-electron chi connectivity index (χ2n) is 11.6. The molecular weight excluding hydrogens is 549 g/mol. The first-order valence-electron chi connectivity index (χ1n) is 16.2. The molecule has 0 bridgehead atoms. The highest BCUT2D eigenvalue weighted by Gasteiger charge is 2.26. The number of benzene rings is 3. The minimum atomic E-state index is -0.711. The third-order valence-electron chi connectivity index (χ3n) is 8.35. The zero-order valence-corrected chi connectivity index (χ0v) is 27.2. The monoisotopic (exact) mass is 594 g/mol. The Hall–Kier alpha value is -2.66. The van der Waals surface area contributed by atoms with Crippen LogP contribution in [0.1, 0.15) is 124 Å². The summed E-state index contributed by atoms with van der Waals surface area (Å²) in [4.78, 5) is 2.92. The largest absolute Gasteiger partial charge is 0.196 e. The summed E-state index contributed by atoms with van der Waals surface area (Å²) < 4.78 is 0.384. The lowest BCUT2D eigenvalue weighted by Gasteiger charge is -2.12. The molecular formula is C38H46N2S2. The summed E-state index contributed by atoms with van der Waals surface area (Å²) in [6.07, 6.45) is 18.6. The van der Waals surface area contributed by atoms with Gasteiger partial charge in [0, 0.05) is 9.79 Å². The van der Waals surface area contributed by atoms with Crippen molar-refractivity contribution in [1.82, 2.24) is 0 Å². The third kappa shape index (κ3) is 9.17. The van der Waals surface area contributed by atoms with Crippen LogP contribution in [0.15, 0.2) is 70.5 Å². The lowest BCUT2D eigenvalue weighted by molar-refractivity contribution is 0.598. The predicted molar refractivity (Wildman–Crippen MR) is 181 cm³/mol. The molecule has 0 radical (unpaired) electrons. The van der Waals surface area contributed by atoms with Crippen molar-refractivity contribution < 1.29 is 0 Å². The molecule has 0 aromatic heterocycles. The summed E-state index contributed by atoms with van der Waals surface area (Å²) in [6.45, 7) is 4.58. The first kappa shape index (κ1) is 32.3. The summed E-state index contributed by atoms with van der Waals surface area (Å²) in [5.74, 6) is -0.711. The first-order valence-corrected chi connectivity index (χ1v) is 17.9. The van der Waals surface area contributed by atoms with Gasteiger partial charge in [0.2, 0.25) is 0 Å². The van der Waals surface area contributed by atoms with E-state index in [1.54, 1.807) is 11.1 Å². The van der Waals surface area contributed by atoms with Crippen LogP contribution in [-0.2, 0) is 12.8 Å². The van der Waals surface area contributed by atoms with Gasteiger partial charge in [-0.3, -0.25) is 0 Å². The van der Waals surface area contributed by atoms with E-state index in [1.807, 2.05) is 47.8 Å². The number of nitrogens with zero attached hydrogens (tertiary/aromatic N) is 2. The summed E-state index contributed by atoms with van der Waals surface area (Å²) in [6, 6.07) is 25.9. The fourth-order valence-corrected chi connectivity index (χ4v) is 8.68. The van der Waals surface area contributed by atoms with Crippen molar-refractivity contribution in [2.75, 3.05) is 0 Å². The molecule has 4 heteroatoms. The number of nitriles is 2. The van der Waals surface area contributed by atoms with Crippen molar-refractivity contribution in [1.29, 1.82) is 10.5 Å². The van der Waals surface area contributed by atoms with E-state index in [-0.39, 0.29) is 0 Å². The van der Waals surface area contributed by atoms with Gasteiger partial charge in [-0.15, -0.1) is 23.5 Å². The van der Waals surface area contributed by atoms with Gasteiger partial charge >= 0.3 is 0 Å². The molecule has 3 aromatic carbocycles. The molecule has 0 aliphatic carbocycles. The predicted octanol–water partition coefficient (Wildman–Crippen LogP) is 12.2. The van der Waals surface area contributed by atoms with E-state index in [9.17, 15) is 0 Å². The van der Waals surface area contributed by atoms with E-state index in [2.05, 4.69) is 62.4 Å². The van der Waals surface area contributed by atoms with E-state index >= 15 is 0 Å². The van der Waals surface area contributed by atoms with E-state index < -0.39 is 5.92 Å². The van der Waals surface area contributed by atoms with Gasteiger partial charge in [-0.25, -0.2) is 0 Å². The van der Waals surface area contributed by atoms with Gasteiger partial charge in [-0.2, -0.15) is 10.5 Å². The molecule has 4 rings (SSSR count).